The molecule has 7 nitrogen and oxygen atoms in total. The number of carbonyl (C=O) groups excluding carboxylic acids is 3. The highest BCUT2D eigenvalue weighted by Gasteiger charge is 2.46. The number of carbonyl (C=O) groups is 3. The number of amides is 2. The van der Waals surface area contributed by atoms with Gasteiger partial charge in [0.2, 0.25) is 0 Å². The zero-order valence-corrected chi connectivity index (χ0v) is 9.45. The quantitative estimate of drug-likeness (QED) is 0.622. The second-order valence-electron chi connectivity index (χ2n) is 3.44. The molecule has 1 heterocycles. The van der Waals surface area contributed by atoms with Gasteiger partial charge in [-0.25, -0.2) is 9.59 Å². The van der Waals surface area contributed by atoms with E-state index in [1.54, 1.807) is 30.3 Å². The van der Waals surface area contributed by atoms with Gasteiger partial charge in [0.15, 0.2) is 0 Å². The van der Waals surface area contributed by atoms with E-state index in [0.717, 1.165) is 7.11 Å². The fourth-order valence-electron chi connectivity index (χ4n) is 1.41. The van der Waals surface area contributed by atoms with Crippen molar-refractivity contribution in [3.05, 3.63) is 30.3 Å². The molecule has 94 valence electrons. The third-order valence-electron chi connectivity index (χ3n) is 2.28. The zero-order valence-electron chi connectivity index (χ0n) is 9.45. The largest absolute Gasteiger partial charge is 0.466 e. The van der Waals surface area contributed by atoms with Crippen LogP contribution >= 0.6 is 0 Å². The molecular formula is C11H10N2O5. The fourth-order valence-corrected chi connectivity index (χ4v) is 1.41. The predicted octanol–water partition coefficient (Wildman–Crippen LogP) is 0.534. The number of esters is 1. The highest BCUT2D eigenvalue weighted by atomic mass is 16.6. The Hall–Kier alpha value is -2.57. The first-order valence-electron chi connectivity index (χ1n) is 5.07. The summed E-state index contributed by atoms with van der Waals surface area (Å²) in [7, 11) is 1.11. The van der Waals surface area contributed by atoms with Gasteiger partial charge >= 0.3 is 18.0 Å². The van der Waals surface area contributed by atoms with Crippen molar-refractivity contribution in [1.82, 2.24) is 5.01 Å². The van der Waals surface area contributed by atoms with Crippen molar-refractivity contribution in [2.24, 2.45) is 0 Å². The summed E-state index contributed by atoms with van der Waals surface area (Å²) in [4.78, 5) is 34.4. The Bertz CT molecular complexity index is 487. The van der Waals surface area contributed by atoms with Gasteiger partial charge in [0.25, 0.3) is 6.10 Å². The molecule has 0 spiro atoms. The molecular weight excluding hydrogens is 240 g/mol. The van der Waals surface area contributed by atoms with E-state index >= 15 is 0 Å². The summed E-state index contributed by atoms with van der Waals surface area (Å²) in [5.74, 6) is -1.72. The Morgan fingerprint density at radius 2 is 2.00 bits per heavy atom. The molecule has 0 aromatic heterocycles. The van der Waals surface area contributed by atoms with Crippen LogP contribution in [-0.2, 0) is 19.1 Å². The molecule has 1 saturated heterocycles. The van der Waals surface area contributed by atoms with E-state index in [1.807, 2.05) is 0 Å². The summed E-state index contributed by atoms with van der Waals surface area (Å²) in [5.41, 5.74) is 3.07. The second kappa shape index (κ2) is 4.74. The molecule has 1 aliphatic heterocycles. The van der Waals surface area contributed by atoms with Gasteiger partial charge in [0, 0.05) is 0 Å². The van der Waals surface area contributed by atoms with E-state index in [4.69, 9.17) is 0 Å². The van der Waals surface area contributed by atoms with E-state index in [-0.39, 0.29) is 0 Å². The van der Waals surface area contributed by atoms with Crippen molar-refractivity contribution in [2.75, 3.05) is 12.5 Å². The van der Waals surface area contributed by atoms with Gasteiger partial charge in [0.05, 0.1) is 12.8 Å². The summed E-state index contributed by atoms with van der Waals surface area (Å²) in [6.07, 6.45) is -2.49. The van der Waals surface area contributed by atoms with Crippen LogP contribution in [0.1, 0.15) is 0 Å². The lowest BCUT2D eigenvalue weighted by atomic mass is 10.3. The molecule has 1 N–H and O–H groups in total. The average molecular weight is 250 g/mol. The maximum atomic E-state index is 11.7. The van der Waals surface area contributed by atoms with Crippen molar-refractivity contribution < 1.29 is 23.9 Å². The maximum Gasteiger partial charge on any atom is 0.437 e. The first kappa shape index (κ1) is 11.9. The van der Waals surface area contributed by atoms with Crippen LogP contribution in [0.5, 0.6) is 0 Å². The van der Waals surface area contributed by atoms with Crippen LogP contribution in [0.15, 0.2) is 30.3 Å². The number of hydrazine groups is 1. The third kappa shape index (κ3) is 2.10. The average Bonchev–Trinajstić information content (AvgIpc) is 2.67. The smallest absolute Gasteiger partial charge is 0.437 e. The predicted molar refractivity (Wildman–Crippen MR) is 59.2 cm³/mol. The van der Waals surface area contributed by atoms with Crippen molar-refractivity contribution >= 4 is 23.7 Å². The van der Waals surface area contributed by atoms with Crippen LogP contribution < -0.4 is 5.43 Å². The minimum absolute atomic E-state index is 0.522. The van der Waals surface area contributed by atoms with Gasteiger partial charge in [-0.15, -0.1) is 5.01 Å². The lowest BCUT2D eigenvalue weighted by molar-refractivity contribution is -0.153. The monoisotopic (exact) mass is 250 g/mol. The molecule has 0 aliphatic carbocycles. The molecule has 2 rings (SSSR count). The van der Waals surface area contributed by atoms with Crippen LogP contribution in [0.4, 0.5) is 10.5 Å². The summed E-state index contributed by atoms with van der Waals surface area (Å²) in [5, 5.41) is 0.636. The Balaban J connectivity index is 2.13. The maximum absolute atomic E-state index is 11.7. The molecule has 0 saturated carbocycles. The lowest BCUT2D eigenvalue weighted by Gasteiger charge is -2.13. The number of hydrogen-bond donors (Lipinski definition) is 1. The third-order valence-corrected chi connectivity index (χ3v) is 2.28. The van der Waals surface area contributed by atoms with Gasteiger partial charge in [-0.2, -0.15) is 0 Å². The number of benzene rings is 1. The number of methoxy groups -OCH3 is 1. The minimum atomic E-state index is -1.54. The van der Waals surface area contributed by atoms with E-state index < -0.39 is 24.1 Å². The van der Waals surface area contributed by atoms with Crippen LogP contribution in [0, 0.1) is 0 Å². The number of nitrogens with zero attached hydrogens (tertiary/aromatic N) is 1. The molecule has 0 radical (unpaired) electrons. The summed E-state index contributed by atoms with van der Waals surface area (Å²) in [6.45, 7) is 0. The number of imide groups is 1. The van der Waals surface area contributed by atoms with E-state index in [9.17, 15) is 14.4 Å². The van der Waals surface area contributed by atoms with Crippen molar-refractivity contribution in [3.63, 3.8) is 0 Å². The van der Waals surface area contributed by atoms with Crippen LogP contribution in [0.2, 0.25) is 0 Å². The molecule has 1 aliphatic rings. The zero-order chi connectivity index (χ0) is 13.1. The second-order valence-corrected chi connectivity index (χ2v) is 3.44. The van der Waals surface area contributed by atoms with Gasteiger partial charge in [0.1, 0.15) is 0 Å². The number of cyclic esters (lactones) is 1. The molecule has 1 fully saturated rings. The Labute approximate surface area is 102 Å². The molecule has 1 aromatic carbocycles. The Morgan fingerprint density at radius 1 is 1.33 bits per heavy atom. The molecule has 1 unspecified atom stereocenters. The minimum Gasteiger partial charge on any atom is -0.466 e. The van der Waals surface area contributed by atoms with E-state index in [1.165, 1.54) is 0 Å². The molecule has 1 atom stereocenters. The summed E-state index contributed by atoms with van der Waals surface area (Å²) >= 11 is 0. The highest BCUT2D eigenvalue weighted by molar-refractivity contribution is 6.11. The molecule has 18 heavy (non-hydrogen) atoms. The van der Waals surface area contributed by atoms with Gasteiger partial charge < -0.3 is 9.47 Å². The van der Waals surface area contributed by atoms with Crippen LogP contribution in [0.3, 0.4) is 0 Å². The van der Waals surface area contributed by atoms with Gasteiger partial charge in [-0.3, -0.25) is 10.2 Å². The lowest BCUT2D eigenvalue weighted by Crippen LogP contribution is -2.39. The Morgan fingerprint density at radius 3 is 2.61 bits per heavy atom. The van der Waals surface area contributed by atoms with Crippen LogP contribution in [-0.4, -0.2) is 36.2 Å². The SMILES string of the molecule is COC(=O)C1OC(=O)N(Nc2ccccc2)C1=O. The number of ether oxygens (including phenoxy) is 2. The van der Waals surface area contributed by atoms with Crippen molar-refractivity contribution in [2.45, 2.75) is 6.10 Å². The number of para-hydroxylation sites is 1. The normalized spacial score (nSPS) is 18.5. The number of nitrogens with one attached hydrogen (secondary N) is 1. The Kier molecular flexibility index (Phi) is 3.13. The van der Waals surface area contributed by atoms with Crippen molar-refractivity contribution in [1.29, 1.82) is 0 Å². The van der Waals surface area contributed by atoms with Crippen molar-refractivity contribution in [3.8, 4) is 0 Å². The van der Waals surface area contributed by atoms with Crippen LogP contribution in [0.25, 0.3) is 0 Å². The fraction of sp³-hybridized carbons (Fsp3) is 0.182. The molecule has 1 aromatic rings. The first-order chi connectivity index (χ1) is 8.63. The van der Waals surface area contributed by atoms with E-state index in [2.05, 4.69) is 14.9 Å². The summed E-state index contributed by atoms with van der Waals surface area (Å²) < 4.78 is 8.97. The number of hydrogen-bond acceptors (Lipinski definition) is 6. The highest BCUT2D eigenvalue weighted by Crippen LogP contribution is 2.16. The molecule has 0 bridgehead atoms. The summed E-state index contributed by atoms with van der Waals surface area (Å²) in [6, 6.07) is 8.56. The van der Waals surface area contributed by atoms with Gasteiger partial charge in [-0.05, 0) is 12.1 Å². The number of anilines is 1. The standard InChI is InChI=1S/C11H10N2O5/c1-17-10(15)8-9(14)13(11(16)18-8)12-7-5-3-2-4-6-7/h2-6,8,12H,1H3. The molecule has 2 amide bonds. The van der Waals surface area contributed by atoms with Gasteiger partial charge in [-0.1, -0.05) is 18.2 Å². The topological polar surface area (TPSA) is 84.9 Å². The first-order valence-corrected chi connectivity index (χ1v) is 5.07. The number of rotatable bonds is 3. The van der Waals surface area contributed by atoms with E-state index in [0.29, 0.717) is 10.7 Å². The molecule has 7 heteroatoms.